The highest BCUT2D eigenvalue weighted by Gasteiger charge is 2.06. The number of para-hydroxylation sites is 1. The molecule has 0 saturated carbocycles. The third-order valence-electron chi connectivity index (χ3n) is 2.76. The molecule has 1 aromatic heterocycles. The van der Waals surface area contributed by atoms with Crippen molar-refractivity contribution in [2.45, 2.75) is 19.5 Å². The van der Waals surface area contributed by atoms with Gasteiger partial charge in [-0.05, 0) is 19.1 Å². The van der Waals surface area contributed by atoms with E-state index in [4.69, 9.17) is 5.11 Å². The molecule has 2 rings (SSSR count). The number of aliphatic hydroxyl groups excluding tert-OH is 1. The normalized spacial score (nSPS) is 11.9. The molecule has 6 nitrogen and oxygen atoms in total. The first kappa shape index (κ1) is 14.1. The summed E-state index contributed by atoms with van der Waals surface area (Å²) in [5.74, 6) is 0. The molecule has 6 heteroatoms. The van der Waals surface area contributed by atoms with Crippen LogP contribution < -0.4 is 10.6 Å². The van der Waals surface area contributed by atoms with E-state index >= 15 is 0 Å². The Morgan fingerprint density at radius 3 is 2.85 bits per heavy atom. The predicted molar refractivity (Wildman–Crippen MR) is 75.5 cm³/mol. The number of aliphatic hydroxyl groups is 1. The van der Waals surface area contributed by atoms with Gasteiger partial charge in [-0.25, -0.2) is 9.48 Å². The monoisotopic (exact) mass is 274 g/mol. The summed E-state index contributed by atoms with van der Waals surface area (Å²) in [7, 11) is 0. The molecule has 3 N–H and O–H groups in total. The Balaban J connectivity index is 1.89. The average molecular weight is 274 g/mol. The van der Waals surface area contributed by atoms with Crippen LogP contribution in [0.25, 0.3) is 5.69 Å². The maximum atomic E-state index is 11.5. The third kappa shape index (κ3) is 3.83. The lowest BCUT2D eigenvalue weighted by Crippen LogP contribution is -2.41. The van der Waals surface area contributed by atoms with Gasteiger partial charge in [0.15, 0.2) is 0 Å². The number of nitrogens with one attached hydrogen (secondary N) is 2. The highest BCUT2D eigenvalue weighted by molar-refractivity contribution is 5.74. The largest absolute Gasteiger partial charge is 0.394 e. The Kier molecular flexibility index (Phi) is 4.73. The van der Waals surface area contributed by atoms with Gasteiger partial charge < -0.3 is 15.7 Å². The minimum Gasteiger partial charge on any atom is -0.394 e. The molecule has 1 aromatic carbocycles. The number of carbonyl (C=O) groups is 1. The number of rotatable bonds is 5. The van der Waals surface area contributed by atoms with Crippen LogP contribution in [-0.4, -0.2) is 33.6 Å². The van der Waals surface area contributed by atoms with Gasteiger partial charge in [-0.3, -0.25) is 0 Å². The number of carbonyl (C=O) groups excluding carboxylic acids is 1. The SMILES string of the molecule is C[C@@H](CO)NC(=O)NCc1cnn(-c2ccccc2)c1. The van der Waals surface area contributed by atoms with Crippen LogP contribution in [0.3, 0.4) is 0 Å². The molecule has 0 aliphatic carbocycles. The van der Waals surface area contributed by atoms with Crippen LogP contribution in [0.2, 0.25) is 0 Å². The van der Waals surface area contributed by atoms with E-state index in [1.165, 1.54) is 0 Å². The van der Waals surface area contributed by atoms with Gasteiger partial charge in [-0.15, -0.1) is 0 Å². The molecule has 0 bridgehead atoms. The molecule has 0 radical (unpaired) electrons. The van der Waals surface area contributed by atoms with Crippen molar-refractivity contribution in [3.63, 3.8) is 0 Å². The smallest absolute Gasteiger partial charge is 0.315 e. The second-order valence-corrected chi connectivity index (χ2v) is 4.54. The minimum atomic E-state index is -0.306. The summed E-state index contributed by atoms with van der Waals surface area (Å²) in [6.45, 7) is 2.03. The average Bonchev–Trinajstić information content (AvgIpc) is 2.95. The number of amides is 2. The summed E-state index contributed by atoms with van der Waals surface area (Å²) in [5, 5.41) is 18.4. The van der Waals surface area contributed by atoms with E-state index in [0.717, 1.165) is 11.3 Å². The molecule has 20 heavy (non-hydrogen) atoms. The van der Waals surface area contributed by atoms with E-state index in [-0.39, 0.29) is 18.7 Å². The van der Waals surface area contributed by atoms with E-state index in [1.54, 1.807) is 17.8 Å². The third-order valence-corrected chi connectivity index (χ3v) is 2.76. The van der Waals surface area contributed by atoms with Crippen molar-refractivity contribution >= 4 is 6.03 Å². The molecule has 0 unspecified atom stereocenters. The predicted octanol–water partition coefficient (Wildman–Crippen LogP) is 1.05. The maximum Gasteiger partial charge on any atom is 0.315 e. The van der Waals surface area contributed by atoms with Crippen LogP contribution in [0.1, 0.15) is 12.5 Å². The molecule has 0 spiro atoms. The van der Waals surface area contributed by atoms with Crippen LogP contribution in [0, 0.1) is 0 Å². The molecule has 0 fully saturated rings. The Morgan fingerprint density at radius 1 is 1.40 bits per heavy atom. The van der Waals surface area contributed by atoms with E-state index in [9.17, 15) is 4.79 Å². The number of aromatic nitrogens is 2. The first-order valence-electron chi connectivity index (χ1n) is 6.43. The number of hydrogen-bond donors (Lipinski definition) is 3. The van der Waals surface area contributed by atoms with Gasteiger partial charge in [0.05, 0.1) is 24.5 Å². The van der Waals surface area contributed by atoms with Crippen molar-refractivity contribution in [1.29, 1.82) is 0 Å². The fraction of sp³-hybridized carbons (Fsp3) is 0.286. The summed E-state index contributed by atoms with van der Waals surface area (Å²) in [6.07, 6.45) is 3.58. The van der Waals surface area contributed by atoms with E-state index < -0.39 is 0 Å². The van der Waals surface area contributed by atoms with Gasteiger partial charge in [-0.1, -0.05) is 18.2 Å². The molecule has 2 amide bonds. The Bertz CT molecular complexity index is 553. The second-order valence-electron chi connectivity index (χ2n) is 4.54. The fourth-order valence-electron chi connectivity index (χ4n) is 1.68. The Labute approximate surface area is 117 Å². The molecular weight excluding hydrogens is 256 g/mol. The van der Waals surface area contributed by atoms with Gasteiger partial charge in [0.2, 0.25) is 0 Å². The number of benzene rings is 1. The van der Waals surface area contributed by atoms with Crippen molar-refractivity contribution < 1.29 is 9.90 Å². The van der Waals surface area contributed by atoms with Gasteiger partial charge in [0.1, 0.15) is 0 Å². The Hall–Kier alpha value is -2.34. The molecule has 2 aromatic rings. The van der Waals surface area contributed by atoms with Crippen LogP contribution in [0.4, 0.5) is 4.79 Å². The zero-order valence-electron chi connectivity index (χ0n) is 11.3. The maximum absolute atomic E-state index is 11.5. The topological polar surface area (TPSA) is 79.2 Å². The lowest BCUT2D eigenvalue weighted by Gasteiger charge is -2.11. The van der Waals surface area contributed by atoms with Crippen LogP contribution in [-0.2, 0) is 6.54 Å². The Morgan fingerprint density at radius 2 is 2.15 bits per heavy atom. The lowest BCUT2D eigenvalue weighted by atomic mass is 10.3. The molecule has 1 heterocycles. The number of nitrogens with zero attached hydrogens (tertiary/aromatic N) is 2. The summed E-state index contributed by atoms with van der Waals surface area (Å²) < 4.78 is 1.76. The first-order valence-corrected chi connectivity index (χ1v) is 6.43. The summed E-state index contributed by atoms with van der Waals surface area (Å²) >= 11 is 0. The van der Waals surface area contributed by atoms with Crippen molar-refractivity contribution in [3.8, 4) is 5.69 Å². The van der Waals surface area contributed by atoms with Crippen LogP contribution >= 0.6 is 0 Å². The zero-order chi connectivity index (χ0) is 14.4. The number of urea groups is 1. The highest BCUT2D eigenvalue weighted by atomic mass is 16.3. The van der Waals surface area contributed by atoms with Crippen LogP contribution in [0.15, 0.2) is 42.7 Å². The first-order chi connectivity index (χ1) is 9.69. The van der Waals surface area contributed by atoms with E-state index in [0.29, 0.717) is 6.54 Å². The van der Waals surface area contributed by atoms with Gasteiger partial charge in [0.25, 0.3) is 0 Å². The van der Waals surface area contributed by atoms with Gasteiger partial charge >= 0.3 is 6.03 Å². The molecule has 0 saturated heterocycles. The van der Waals surface area contributed by atoms with Crippen molar-refractivity contribution in [2.24, 2.45) is 0 Å². The second kappa shape index (κ2) is 6.72. The van der Waals surface area contributed by atoms with Crippen LogP contribution in [0.5, 0.6) is 0 Å². The van der Waals surface area contributed by atoms with E-state index in [2.05, 4.69) is 15.7 Å². The zero-order valence-corrected chi connectivity index (χ0v) is 11.3. The minimum absolute atomic E-state index is 0.0840. The summed E-state index contributed by atoms with van der Waals surface area (Å²) in [6, 6.07) is 9.18. The van der Waals surface area contributed by atoms with Crippen molar-refractivity contribution in [1.82, 2.24) is 20.4 Å². The molecule has 0 aliphatic heterocycles. The molecular formula is C14H18N4O2. The number of hydrogen-bond acceptors (Lipinski definition) is 3. The molecule has 1 atom stereocenters. The molecule has 0 aliphatic rings. The summed E-state index contributed by atoms with van der Waals surface area (Å²) in [4.78, 5) is 11.5. The van der Waals surface area contributed by atoms with Gasteiger partial charge in [-0.2, -0.15) is 5.10 Å². The van der Waals surface area contributed by atoms with E-state index in [1.807, 2.05) is 36.5 Å². The highest BCUT2D eigenvalue weighted by Crippen LogP contribution is 2.07. The molecule has 106 valence electrons. The quantitative estimate of drug-likeness (QED) is 0.762. The van der Waals surface area contributed by atoms with Crippen molar-refractivity contribution in [2.75, 3.05) is 6.61 Å². The summed E-state index contributed by atoms with van der Waals surface area (Å²) in [5.41, 5.74) is 1.87. The van der Waals surface area contributed by atoms with Crippen molar-refractivity contribution in [3.05, 3.63) is 48.3 Å². The fourth-order valence-corrected chi connectivity index (χ4v) is 1.68. The standard InChI is InChI=1S/C14H18N4O2/c1-11(10-19)17-14(20)15-7-12-8-16-18(9-12)13-5-3-2-4-6-13/h2-6,8-9,11,19H,7,10H2,1H3,(H2,15,17,20)/t11-/m0/s1. The lowest BCUT2D eigenvalue weighted by molar-refractivity contribution is 0.220. The van der Waals surface area contributed by atoms with Gasteiger partial charge in [0, 0.05) is 18.3 Å².